The highest BCUT2D eigenvalue weighted by Crippen LogP contribution is 2.25. The maximum absolute atomic E-state index is 10.3. The third-order valence-corrected chi connectivity index (χ3v) is 4.57. The summed E-state index contributed by atoms with van der Waals surface area (Å²) in [5.74, 6) is 0.417. The van der Waals surface area contributed by atoms with Crippen LogP contribution < -0.4 is 11.1 Å². The van der Waals surface area contributed by atoms with Gasteiger partial charge >= 0.3 is 0 Å². The van der Waals surface area contributed by atoms with Crippen molar-refractivity contribution in [2.75, 3.05) is 13.1 Å². The molecule has 4 nitrogen and oxygen atoms in total. The highest BCUT2D eigenvalue weighted by atomic mass is 127. The molecule has 1 heterocycles. The zero-order chi connectivity index (χ0) is 15.6. The van der Waals surface area contributed by atoms with Gasteiger partial charge in [-0.05, 0) is 24.8 Å². The van der Waals surface area contributed by atoms with Crippen molar-refractivity contribution in [3.05, 3.63) is 22.4 Å². The molecule has 1 aromatic heterocycles. The summed E-state index contributed by atoms with van der Waals surface area (Å²) in [6.07, 6.45) is 7.56. The summed E-state index contributed by atoms with van der Waals surface area (Å²) in [6, 6.07) is 3.85. The number of nitrogens with two attached hydrogens (primary N) is 1. The summed E-state index contributed by atoms with van der Waals surface area (Å²) in [7, 11) is 0. The predicted octanol–water partition coefficient (Wildman–Crippen LogP) is 3.84. The number of halogens is 1. The van der Waals surface area contributed by atoms with Gasteiger partial charge in [-0.1, -0.05) is 45.1 Å². The summed E-state index contributed by atoms with van der Waals surface area (Å²) >= 11 is 1.53. The van der Waals surface area contributed by atoms with E-state index in [4.69, 9.17) is 5.73 Å². The van der Waals surface area contributed by atoms with Gasteiger partial charge in [-0.3, -0.25) is 4.99 Å². The van der Waals surface area contributed by atoms with Crippen molar-refractivity contribution in [3.63, 3.8) is 0 Å². The van der Waals surface area contributed by atoms with E-state index in [9.17, 15) is 5.11 Å². The maximum Gasteiger partial charge on any atom is 0.188 e. The molecule has 0 radical (unpaired) electrons. The second-order valence-corrected chi connectivity index (χ2v) is 6.59. The van der Waals surface area contributed by atoms with E-state index in [1.165, 1.54) is 43.4 Å². The molecule has 22 heavy (non-hydrogen) atoms. The number of thiophene rings is 1. The quantitative estimate of drug-likeness (QED) is 0.225. The lowest BCUT2D eigenvalue weighted by atomic mass is 10.1. The summed E-state index contributed by atoms with van der Waals surface area (Å²) in [6.45, 7) is 5.12. The van der Waals surface area contributed by atoms with Gasteiger partial charge in [-0.2, -0.15) is 0 Å². The van der Waals surface area contributed by atoms with E-state index in [0.717, 1.165) is 17.8 Å². The molecule has 1 rings (SSSR count). The molecular formula is C16H30IN3OS. The minimum atomic E-state index is -0.944. The molecule has 0 bridgehead atoms. The van der Waals surface area contributed by atoms with Gasteiger partial charge in [0.05, 0.1) is 6.54 Å². The van der Waals surface area contributed by atoms with Crippen LogP contribution in [-0.2, 0) is 5.60 Å². The molecule has 1 unspecified atom stereocenters. The molecule has 0 spiro atoms. The predicted molar refractivity (Wildman–Crippen MR) is 107 cm³/mol. The van der Waals surface area contributed by atoms with Crippen molar-refractivity contribution in [3.8, 4) is 0 Å². The summed E-state index contributed by atoms with van der Waals surface area (Å²) in [5, 5.41) is 15.4. The SMILES string of the molecule is CCCCCCCCNC(N)=NCC(C)(O)c1cccs1.I. The van der Waals surface area contributed by atoms with Crippen molar-refractivity contribution in [1.82, 2.24) is 5.32 Å². The van der Waals surface area contributed by atoms with Crippen LogP contribution in [0, 0.1) is 0 Å². The molecule has 0 aliphatic carbocycles. The first kappa shape index (κ1) is 21.7. The van der Waals surface area contributed by atoms with E-state index in [2.05, 4.69) is 17.2 Å². The van der Waals surface area contributed by atoms with Crippen molar-refractivity contribution in [2.45, 2.75) is 58.0 Å². The fraction of sp³-hybridized carbons (Fsp3) is 0.688. The molecular weight excluding hydrogens is 409 g/mol. The van der Waals surface area contributed by atoms with E-state index in [1.54, 1.807) is 6.92 Å². The Labute approximate surface area is 155 Å². The van der Waals surface area contributed by atoms with E-state index in [0.29, 0.717) is 5.96 Å². The first-order valence-electron chi connectivity index (χ1n) is 7.86. The second kappa shape index (κ2) is 12.1. The van der Waals surface area contributed by atoms with Gasteiger partial charge in [0.1, 0.15) is 5.60 Å². The van der Waals surface area contributed by atoms with E-state index in [-0.39, 0.29) is 30.5 Å². The topological polar surface area (TPSA) is 70.6 Å². The molecule has 1 atom stereocenters. The van der Waals surface area contributed by atoms with Gasteiger partial charge in [-0.15, -0.1) is 35.3 Å². The minimum absolute atomic E-state index is 0. The number of hydrogen-bond acceptors (Lipinski definition) is 3. The molecule has 1 aromatic rings. The summed E-state index contributed by atoms with van der Waals surface area (Å²) in [5.41, 5.74) is 4.88. The molecule has 0 amide bonds. The molecule has 0 saturated carbocycles. The number of nitrogens with one attached hydrogen (secondary N) is 1. The zero-order valence-electron chi connectivity index (χ0n) is 13.7. The number of hydrogen-bond donors (Lipinski definition) is 3. The zero-order valence-corrected chi connectivity index (χ0v) is 16.8. The highest BCUT2D eigenvalue weighted by molar-refractivity contribution is 14.0. The summed E-state index contributed by atoms with van der Waals surface area (Å²) < 4.78 is 0. The Kier molecular flexibility index (Phi) is 11.9. The van der Waals surface area contributed by atoms with E-state index < -0.39 is 5.60 Å². The van der Waals surface area contributed by atoms with Crippen LogP contribution in [0.3, 0.4) is 0 Å². The number of nitrogens with zero attached hydrogens (tertiary/aromatic N) is 1. The highest BCUT2D eigenvalue weighted by Gasteiger charge is 2.23. The van der Waals surface area contributed by atoms with Crippen molar-refractivity contribution < 1.29 is 5.11 Å². The van der Waals surface area contributed by atoms with Crippen LogP contribution in [0.2, 0.25) is 0 Å². The van der Waals surface area contributed by atoms with Crippen molar-refractivity contribution in [2.24, 2.45) is 10.7 Å². The van der Waals surface area contributed by atoms with Gasteiger partial charge < -0.3 is 16.2 Å². The van der Waals surface area contributed by atoms with Crippen LogP contribution in [0.1, 0.15) is 57.2 Å². The molecule has 4 N–H and O–H groups in total. The number of guanidine groups is 1. The van der Waals surface area contributed by atoms with Crippen LogP contribution in [-0.4, -0.2) is 24.2 Å². The Balaban J connectivity index is 0.00000441. The van der Waals surface area contributed by atoms with Gasteiger partial charge in [0.2, 0.25) is 0 Å². The third kappa shape index (κ3) is 8.95. The van der Waals surface area contributed by atoms with Crippen molar-refractivity contribution >= 4 is 41.3 Å². The average Bonchev–Trinajstić information content (AvgIpc) is 2.99. The second-order valence-electron chi connectivity index (χ2n) is 5.65. The monoisotopic (exact) mass is 439 g/mol. The molecule has 128 valence electrons. The lowest BCUT2D eigenvalue weighted by Gasteiger charge is -2.19. The summed E-state index contributed by atoms with van der Waals surface area (Å²) in [4.78, 5) is 5.15. The lowest BCUT2D eigenvalue weighted by Crippen LogP contribution is -2.34. The minimum Gasteiger partial charge on any atom is -0.383 e. The Hall–Kier alpha value is -0.340. The molecule has 0 saturated heterocycles. The molecule has 0 aliphatic heterocycles. The van der Waals surface area contributed by atoms with E-state index >= 15 is 0 Å². The van der Waals surface area contributed by atoms with Crippen LogP contribution >= 0.6 is 35.3 Å². The molecule has 0 aromatic carbocycles. The Morgan fingerprint density at radius 1 is 1.32 bits per heavy atom. The number of aliphatic hydroxyl groups is 1. The normalized spacial score (nSPS) is 14.2. The van der Waals surface area contributed by atoms with Gasteiger partial charge in [0, 0.05) is 11.4 Å². The smallest absolute Gasteiger partial charge is 0.188 e. The average molecular weight is 439 g/mol. The lowest BCUT2D eigenvalue weighted by molar-refractivity contribution is 0.0712. The Morgan fingerprint density at radius 2 is 2.00 bits per heavy atom. The molecule has 6 heteroatoms. The Morgan fingerprint density at radius 3 is 2.64 bits per heavy atom. The van der Waals surface area contributed by atoms with Crippen LogP contribution in [0.15, 0.2) is 22.5 Å². The van der Waals surface area contributed by atoms with Gasteiger partial charge in [0.15, 0.2) is 5.96 Å². The molecule has 0 aliphatic rings. The van der Waals surface area contributed by atoms with Crippen molar-refractivity contribution in [1.29, 1.82) is 0 Å². The van der Waals surface area contributed by atoms with Crippen LogP contribution in [0.4, 0.5) is 0 Å². The van der Waals surface area contributed by atoms with Gasteiger partial charge in [-0.25, -0.2) is 0 Å². The fourth-order valence-electron chi connectivity index (χ4n) is 2.08. The standard InChI is InChI=1S/C16H29N3OS.HI/c1-3-4-5-6-7-8-11-18-15(17)19-13-16(2,20)14-10-9-12-21-14;/h9-10,12,20H,3-8,11,13H2,1-2H3,(H3,17,18,19);1H. The Bertz CT molecular complexity index is 408. The number of rotatable bonds is 10. The van der Waals surface area contributed by atoms with Crippen LogP contribution in [0.25, 0.3) is 0 Å². The largest absolute Gasteiger partial charge is 0.383 e. The van der Waals surface area contributed by atoms with Crippen LogP contribution in [0.5, 0.6) is 0 Å². The van der Waals surface area contributed by atoms with E-state index in [1.807, 2.05) is 17.5 Å². The maximum atomic E-state index is 10.3. The third-order valence-electron chi connectivity index (χ3n) is 3.45. The first-order chi connectivity index (χ1) is 10.1. The molecule has 0 fully saturated rings. The first-order valence-corrected chi connectivity index (χ1v) is 8.74. The number of unbranched alkanes of at least 4 members (excludes halogenated alkanes) is 5. The van der Waals surface area contributed by atoms with Gasteiger partial charge in [0.25, 0.3) is 0 Å². The fourth-order valence-corrected chi connectivity index (χ4v) is 2.86. The number of aliphatic imine (C=N–C) groups is 1.